The van der Waals surface area contributed by atoms with Crippen LogP contribution >= 0.6 is 0 Å². The number of nitrogens with one attached hydrogen (secondary N) is 1. The van der Waals surface area contributed by atoms with Crippen LogP contribution in [-0.2, 0) is 14.8 Å². The lowest BCUT2D eigenvalue weighted by Crippen LogP contribution is -2.46. The van der Waals surface area contributed by atoms with Gasteiger partial charge >= 0.3 is 0 Å². The Balaban J connectivity index is 1.70. The van der Waals surface area contributed by atoms with Crippen LogP contribution in [0.4, 0.5) is 0 Å². The fourth-order valence-electron chi connectivity index (χ4n) is 3.83. The molecule has 7 heteroatoms. The van der Waals surface area contributed by atoms with E-state index < -0.39 is 10.0 Å². The molecule has 2 aliphatic rings. The van der Waals surface area contributed by atoms with E-state index in [1.165, 1.54) is 10.6 Å². The van der Waals surface area contributed by atoms with Crippen LogP contribution in [0.3, 0.4) is 0 Å². The van der Waals surface area contributed by atoms with Crippen LogP contribution in [-0.4, -0.2) is 43.6 Å². The standard InChI is InChI=1S/C19H28N2O4S/c1-13-5-6-15-16(12-19(2,3)25-17(15)11-13)20-18(22)14-7-9-21(10-8-14)26(4,23)24/h5-6,11,14,16H,7-10,12H2,1-4H3,(H,20,22). The van der Waals surface area contributed by atoms with Crippen molar-refractivity contribution < 1.29 is 17.9 Å². The Hall–Kier alpha value is -1.60. The molecule has 2 heterocycles. The first-order valence-electron chi connectivity index (χ1n) is 9.10. The molecule has 1 aromatic rings. The van der Waals surface area contributed by atoms with E-state index in [0.29, 0.717) is 32.4 Å². The summed E-state index contributed by atoms with van der Waals surface area (Å²) in [6, 6.07) is 5.98. The van der Waals surface area contributed by atoms with Gasteiger partial charge in [0, 0.05) is 31.0 Å². The number of amides is 1. The second-order valence-electron chi connectivity index (χ2n) is 8.10. The van der Waals surface area contributed by atoms with E-state index in [1.54, 1.807) is 0 Å². The lowest BCUT2D eigenvalue weighted by atomic mass is 9.88. The molecule has 1 fully saturated rings. The Bertz CT molecular complexity index is 796. The number of hydrogen-bond acceptors (Lipinski definition) is 4. The molecule has 26 heavy (non-hydrogen) atoms. The third-order valence-corrected chi connectivity index (χ3v) is 6.54. The van der Waals surface area contributed by atoms with Crippen molar-refractivity contribution in [1.29, 1.82) is 0 Å². The van der Waals surface area contributed by atoms with Crippen molar-refractivity contribution in [2.75, 3.05) is 19.3 Å². The average molecular weight is 381 g/mol. The van der Waals surface area contributed by atoms with E-state index in [4.69, 9.17) is 4.74 Å². The van der Waals surface area contributed by atoms with Gasteiger partial charge in [-0.25, -0.2) is 12.7 Å². The van der Waals surface area contributed by atoms with Crippen molar-refractivity contribution in [2.45, 2.75) is 51.7 Å². The summed E-state index contributed by atoms with van der Waals surface area (Å²) in [7, 11) is -3.18. The molecule has 0 radical (unpaired) electrons. The molecule has 0 aliphatic carbocycles. The minimum Gasteiger partial charge on any atom is -0.487 e. The fourth-order valence-corrected chi connectivity index (χ4v) is 4.70. The average Bonchev–Trinajstić information content (AvgIpc) is 2.52. The third kappa shape index (κ3) is 4.20. The first-order chi connectivity index (χ1) is 12.0. The molecule has 6 nitrogen and oxygen atoms in total. The molecule has 1 N–H and O–H groups in total. The monoisotopic (exact) mass is 380 g/mol. The molecule has 3 rings (SSSR count). The first-order valence-corrected chi connectivity index (χ1v) is 10.9. The molecule has 144 valence electrons. The zero-order valence-corrected chi connectivity index (χ0v) is 16.7. The molecule has 1 aromatic carbocycles. The molecule has 0 bridgehead atoms. The Labute approximate surface area is 156 Å². The zero-order valence-electron chi connectivity index (χ0n) is 15.9. The third-order valence-electron chi connectivity index (χ3n) is 5.24. The topological polar surface area (TPSA) is 75.7 Å². The minimum absolute atomic E-state index is 0.00683. The van der Waals surface area contributed by atoms with Gasteiger partial charge in [0.25, 0.3) is 0 Å². The highest BCUT2D eigenvalue weighted by Crippen LogP contribution is 2.40. The lowest BCUT2D eigenvalue weighted by Gasteiger charge is -2.39. The number of aryl methyl sites for hydroxylation is 1. The van der Waals surface area contributed by atoms with E-state index >= 15 is 0 Å². The maximum absolute atomic E-state index is 12.8. The van der Waals surface area contributed by atoms with Crippen LogP contribution in [0.1, 0.15) is 50.3 Å². The van der Waals surface area contributed by atoms with Crippen molar-refractivity contribution in [3.05, 3.63) is 29.3 Å². The molecule has 2 aliphatic heterocycles. The van der Waals surface area contributed by atoms with E-state index in [1.807, 2.05) is 39.0 Å². The molecule has 1 atom stereocenters. The van der Waals surface area contributed by atoms with Gasteiger partial charge in [-0.05, 0) is 45.2 Å². The number of nitrogens with zero attached hydrogens (tertiary/aromatic N) is 1. The van der Waals surface area contributed by atoms with Gasteiger partial charge in [-0.2, -0.15) is 0 Å². The van der Waals surface area contributed by atoms with Gasteiger partial charge in [0.2, 0.25) is 15.9 Å². The maximum Gasteiger partial charge on any atom is 0.223 e. The maximum atomic E-state index is 12.8. The molecule has 0 aromatic heterocycles. The van der Waals surface area contributed by atoms with Crippen molar-refractivity contribution in [1.82, 2.24) is 9.62 Å². The fraction of sp³-hybridized carbons (Fsp3) is 0.632. The zero-order chi connectivity index (χ0) is 19.1. The van der Waals surface area contributed by atoms with E-state index in [0.717, 1.165) is 16.9 Å². The smallest absolute Gasteiger partial charge is 0.223 e. The number of hydrogen-bond donors (Lipinski definition) is 1. The Morgan fingerprint density at radius 1 is 1.27 bits per heavy atom. The Morgan fingerprint density at radius 3 is 2.54 bits per heavy atom. The molecule has 1 amide bonds. The van der Waals surface area contributed by atoms with Crippen LogP contribution in [0.15, 0.2) is 18.2 Å². The predicted octanol–water partition coefficient (Wildman–Crippen LogP) is 2.39. The van der Waals surface area contributed by atoms with Crippen LogP contribution in [0.5, 0.6) is 5.75 Å². The lowest BCUT2D eigenvalue weighted by molar-refractivity contribution is -0.127. The molecular weight excluding hydrogens is 352 g/mol. The summed E-state index contributed by atoms with van der Waals surface area (Å²) in [5, 5.41) is 3.19. The minimum atomic E-state index is -3.18. The van der Waals surface area contributed by atoms with E-state index in [2.05, 4.69) is 5.32 Å². The number of rotatable bonds is 3. The van der Waals surface area contributed by atoms with Gasteiger partial charge < -0.3 is 10.1 Å². The number of fused-ring (bicyclic) bond motifs is 1. The summed E-state index contributed by atoms with van der Waals surface area (Å²) in [6.07, 6.45) is 3.05. The summed E-state index contributed by atoms with van der Waals surface area (Å²) in [4.78, 5) is 12.8. The molecule has 1 saturated heterocycles. The largest absolute Gasteiger partial charge is 0.487 e. The number of sulfonamides is 1. The van der Waals surface area contributed by atoms with Gasteiger partial charge in [-0.3, -0.25) is 4.79 Å². The van der Waals surface area contributed by atoms with Crippen LogP contribution in [0, 0.1) is 12.8 Å². The summed E-state index contributed by atoms with van der Waals surface area (Å²) in [5.74, 6) is 0.693. The number of benzene rings is 1. The summed E-state index contributed by atoms with van der Waals surface area (Å²) >= 11 is 0. The molecule has 0 saturated carbocycles. The van der Waals surface area contributed by atoms with Gasteiger partial charge in [0.15, 0.2) is 0 Å². The second kappa shape index (κ2) is 6.85. The van der Waals surface area contributed by atoms with Gasteiger partial charge in [-0.1, -0.05) is 12.1 Å². The molecule has 0 spiro atoms. The highest BCUT2D eigenvalue weighted by Gasteiger charge is 2.36. The van der Waals surface area contributed by atoms with Crippen molar-refractivity contribution >= 4 is 15.9 Å². The van der Waals surface area contributed by atoms with Crippen LogP contribution in [0.2, 0.25) is 0 Å². The van der Waals surface area contributed by atoms with E-state index in [9.17, 15) is 13.2 Å². The Kier molecular flexibility index (Phi) is 5.05. The highest BCUT2D eigenvalue weighted by molar-refractivity contribution is 7.88. The summed E-state index contributed by atoms with van der Waals surface area (Å²) in [6.45, 7) is 6.90. The second-order valence-corrected chi connectivity index (χ2v) is 10.1. The van der Waals surface area contributed by atoms with Gasteiger partial charge in [-0.15, -0.1) is 0 Å². The van der Waals surface area contributed by atoms with Crippen LogP contribution < -0.4 is 10.1 Å². The van der Waals surface area contributed by atoms with Crippen molar-refractivity contribution in [3.8, 4) is 5.75 Å². The number of carbonyl (C=O) groups is 1. The Morgan fingerprint density at radius 2 is 1.92 bits per heavy atom. The van der Waals surface area contributed by atoms with Gasteiger partial charge in [0.1, 0.15) is 11.4 Å². The molecular formula is C19H28N2O4S. The van der Waals surface area contributed by atoms with Gasteiger partial charge in [0.05, 0.1) is 12.3 Å². The summed E-state index contributed by atoms with van der Waals surface area (Å²) in [5.41, 5.74) is 1.79. The van der Waals surface area contributed by atoms with E-state index in [-0.39, 0.29) is 23.5 Å². The summed E-state index contributed by atoms with van der Waals surface area (Å²) < 4.78 is 30.8. The quantitative estimate of drug-likeness (QED) is 0.874. The van der Waals surface area contributed by atoms with Crippen LogP contribution in [0.25, 0.3) is 0 Å². The number of ether oxygens (including phenoxy) is 1. The predicted molar refractivity (Wildman–Crippen MR) is 101 cm³/mol. The normalized spacial score (nSPS) is 23.8. The SMILES string of the molecule is Cc1ccc2c(c1)OC(C)(C)CC2NC(=O)C1CCN(S(C)(=O)=O)CC1. The first kappa shape index (κ1) is 19.2. The number of carbonyl (C=O) groups excluding carboxylic acids is 1. The van der Waals surface area contributed by atoms with Crippen molar-refractivity contribution in [2.24, 2.45) is 5.92 Å². The highest BCUT2D eigenvalue weighted by atomic mass is 32.2. The molecule has 1 unspecified atom stereocenters. The number of piperidine rings is 1. The van der Waals surface area contributed by atoms with Crippen molar-refractivity contribution in [3.63, 3.8) is 0 Å².